The van der Waals surface area contributed by atoms with Crippen LogP contribution in [0.15, 0.2) is 12.1 Å². The fourth-order valence-electron chi connectivity index (χ4n) is 4.28. The summed E-state index contributed by atoms with van der Waals surface area (Å²) in [5.41, 5.74) is 4.29. The average Bonchev–Trinajstić information content (AvgIpc) is 2.70. The van der Waals surface area contributed by atoms with Gasteiger partial charge in [-0.15, -0.1) is 0 Å². The molecular weight excluding hydrogens is 340 g/mol. The van der Waals surface area contributed by atoms with Crippen LogP contribution in [0.2, 0.25) is 0 Å². The normalized spacial score (nSPS) is 11.2. The van der Waals surface area contributed by atoms with Gasteiger partial charge in [0.05, 0.1) is 0 Å². The molecule has 0 unspecified atom stereocenters. The zero-order valence-corrected chi connectivity index (χ0v) is 19.3. The highest BCUT2D eigenvalue weighted by molar-refractivity contribution is 5.45. The predicted octanol–water partition coefficient (Wildman–Crippen LogP) is 8.93. The zero-order valence-electron chi connectivity index (χ0n) is 19.3. The number of phenolic OH excluding ortho intramolecular Hbond substituents is 1. The van der Waals surface area contributed by atoms with Crippen molar-refractivity contribution in [2.75, 3.05) is 0 Å². The van der Waals surface area contributed by atoms with Crippen LogP contribution in [-0.4, -0.2) is 5.11 Å². The van der Waals surface area contributed by atoms with Gasteiger partial charge in [0.15, 0.2) is 0 Å². The van der Waals surface area contributed by atoms with E-state index in [1.54, 1.807) is 0 Å². The molecule has 1 aromatic rings. The highest BCUT2D eigenvalue weighted by Gasteiger charge is 2.13. The third-order valence-corrected chi connectivity index (χ3v) is 6.11. The van der Waals surface area contributed by atoms with E-state index in [1.807, 2.05) is 6.07 Å². The second-order valence-corrected chi connectivity index (χ2v) is 8.69. The molecule has 0 saturated carbocycles. The van der Waals surface area contributed by atoms with Gasteiger partial charge < -0.3 is 5.11 Å². The molecule has 0 aliphatic heterocycles. The summed E-state index contributed by atoms with van der Waals surface area (Å²) in [7, 11) is 0. The molecular formula is C27H48O. The highest BCUT2D eigenvalue weighted by Crippen LogP contribution is 2.30. The van der Waals surface area contributed by atoms with Crippen molar-refractivity contribution in [2.45, 2.75) is 136 Å². The lowest BCUT2D eigenvalue weighted by Crippen LogP contribution is -2.03. The van der Waals surface area contributed by atoms with Crippen molar-refractivity contribution in [3.8, 4) is 5.75 Å². The number of hydrogen-bond acceptors (Lipinski definition) is 1. The van der Waals surface area contributed by atoms with Crippen molar-refractivity contribution in [2.24, 2.45) is 0 Å². The van der Waals surface area contributed by atoms with E-state index in [4.69, 9.17) is 0 Å². The first kappa shape index (κ1) is 25.1. The Morgan fingerprint density at radius 1 is 0.500 bits per heavy atom. The van der Waals surface area contributed by atoms with Crippen LogP contribution in [0.5, 0.6) is 5.75 Å². The SMILES string of the molecule is CCCCCCCCCc1c(O)ccc(CCCCCC)c1CCCCCC. The molecule has 0 atom stereocenters. The Morgan fingerprint density at radius 2 is 0.929 bits per heavy atom. The van der Waals surface area contributed by atoms with E-state index in [1.165, 1.54) is 119 Å². The van der Waals surface area contributed by atoms with E-state index in [9.17, 15) is 5.11 Å². The molecule has 162 valence electrons. The fourth-order valence-corrected chi connectivity index (χ4v) is 4.28. The summed E-state index contributed by atoms with van der Waals surface area (Å²) < 4.78 is 0. The smallest absolute Gasteiger partial charge is 0.119 e. The van der Waals surface area contributed by atoms with Crippen molar-refractivity contribution >= 4 is 0 Å². The second kappa shape index (κ2) is 16.9. The quantitative estimate of drug-likeness (QED) is 0.249. The Hall–Kier alpha value is -0.980. The number of aryl methyl sites for hydroxylation is 1. The summed E-state index contributed by atoms with van der Waals surface area (Å²) >= 11 is 0. The first-order valence-corrected chi connectivity index (χ1v) is 12.6. The molecule has 1 N–H and O–H groups in total. The minimum Gasteiger partial charge on any atom is -0.508 e. The van der Waals surface area contributed by atoms with Gasteiger partial charge in [-0.05, 0) is 61.3 Å². The summed E-state index contributed by atoms with van der Waals surface area (Å²) in [4.78, 5) is 0. The summed E-state index contributed by atoms with van der Waals surface area (Å²) in [6.45, 7) is 6.83. The molecule has 0 bridgehead atoms. The first-order valence-electron chi connectivity index (χ1n) is 12.6. The summed E-state index contributed by atoms with van der Waals surface area (Å²) in [5, 5.41) is 10.6. The average molecular weight is 389 g/mol. The molecule has 0 heterocycles. The third-order valence-electron chi connectivity index (χ3n) is 6.11. The van der Waals surface area contributed by atoms with Crippen LogP contribution in [0.25, 0.3) is 0 Å². The predicted molar refractivity (Wildman–Crippen MR) is 125 cm³/mol. The van der Waals surface area contributed by atoms with Crippen molar-refractivity contribution < 1.29 is 5.11 Å². The van der Waals surface area contributed by atoms with Gasteiger partial charge in [0, 0.05) is 0 Å². The largest absolute Gasteiger partial charge is 0.508 e. The highest BCUT2D eigenvalue weighted by atomic mass is 16.3. The number of hydrogen-bond donors (Lipinski definition) is 1. The van der Waals surface area contributed by atoms with E-state index < -0.39 is 0 Å². The topological polar surface area (TPSA) is 20.2 Å². The first-order chi connectivity index (χ1) is 13.7. The molecule has 1 heteroatoms. The molecule has 0 radical (unpaired) electrons. The van der Waals surface area contributed by atoms with Gasteiger partial charge in [-0.1, -0.05) is 104 Å². The Labute approximate surface area is 176 Å². The molecule has 0 amide bonds. The van der Waals surface area contributed by atoms with Crippen LogP contribution < -0.4 is 0 Å². The Balaban J connectivity index is 2.68. The van der Waals surface area contributed by atoms with Crippen molar-refractivity contribution in [1.29, 1.82) is 0 Å². The molecule has 1 nitrogen and oxygen atoms in total. The molecule has 0 aliphatic rings. The van der Waals surface area contributed by atoms with E-state index >= 15 is 0 Å². The number of phenols is 1. The minimum absolute atomic E-state index is 0.550. The van der Waals surface area contributed by atoms with Gasteiger partial charge >= 0.3 is 0 Å². The summed E-state index contributed by atoms with van der Waals surface area (Å²) in [5.74, 6) is 0.550. The lowest BCUT2D eigenvalue weighted by molar-refractivity contribution is 0.463. The molecule has 28 heavy (non-hydrogen) atoms. The lowest BCUT2D eigenvalue weighted by atomic mass is 9.89. The van der Waals surface area contributed by atoms with Crippen LogP contribution in [0, 0.1) is 0 Å². The van der Waals surface area contributed by atoms with Crippen molar-refractivity contribution in [3.05, 3.63) is 28.8 Å². The van der Waals surface area contributed by atoms with E-state index in [0.717, 1.165) is 12.8 Å². The van der Waals surface area contributed by atoms with Crippen LogP contribution in [-0.2, 0) is 19.3 Å². The molecule has 0 saturated heterocycles. The number of benzene rings is 1. The van der Waals surface area contributed by atoms with Crippen LogP contribution in [0.4, 0.5) is 0 Å². The molecule has 0 aliphatic carbocycles. The van der Waals surface area contributed by atoms with Crippen molar-refractivity contribution in [3.63, 3.8) is 0 Å². The minimum atomic E-state index is 0.550. The van der Waals surface area contributed by atoms with E-state index in [2.05, 4.69) is 26.8 Å². The number of rotatable bonds is 18. The second-order valence-electron chi connectivity index (χ2n) is 8.69. The van der Waals surface area contributed by atoms with Gasteiger partial charge in [0.2, 0.25) is 0 Å². The van der Waals surface area contributed by atoms with Gasteiger partial charge in [-0.3, -0.25) is 0 Å². The fraction of sp³-hybridized carbons (Fsp3) is 0.778. The van der Waals surface area contributed by atoms with Gasteiger partial charge in [-0.25, -0.2) is 0 Å². The standard InChI is InChI=1S/C27H48O/c1-4-7-10-13-14-15-18-21-26-25(20-17-12-9-6-3)24(22-23-27(26)28)19-16-11-8-5-2/h22-23,28H,4-21H2,1-3H3. The van der Waals surface area contributed by atoms with Crippen LogP contribution >= 0.6 is 0 Å². The molecule has 1 rings (SSSR count). The number of aromatic hydroxyl groups is 1. The van der Waals surface area contributed by atoms with Crippen LogP contribution in [0.1, 0.15) is 134 Å². The Kier molecular flexibility index (Phi) is 15.1. The Morgan fingerprint density at radius 3 is 1.50 bits per heavy atom. The van der Waals surface area contributed by atoms with Crippen LogP contribution in [0.3, 0.4) is 0 Å². The molecule has 0 aromatic heterocycles. The molecule has 0 fully saturated rings. The third kappa shape index (κ3) is 10.5. The maximum atomic E-state index is 10.6. The monoisotopic (exact) mass is 388 g/mol. The van der Waals surface area contributed by atoms with E-state index in [0.29, 0.717) is 5.75 Å². The molecule has 0 spiro atoms. The number of unbranched alkanes of at least 4 members (excludes halogenated alkanes) is 12. The maximum absolute atomic E-state index is 10.6. The maximum Gasteiger partial charge on any atom is 0.119 e. The Bertz CT molecular complexity index is 491. The van der Waals surface area contributed by atoms with Gasteiger partial charge in [0.1, 0.15) is 5.75 Å². The van der Waals surface area contributed by atoms with Gasteiger partial charge in [-0.2, -0.15) is 0 Å². The van der Waals surface area contributed by atoms with Crippen molar-refractivity contribution in [1.82, 2.24) is 0 Å². The zero-order chi connectivity index (χ0) is 20.5. The van der Waals surface area contributed by atoms with Gasteiger partial charge in [0.25, 0.3) is 0 Å². The molecule has 1 aromatic carbocycles. The summed E-state index contributed by atoms with van der Waals surface area (Å²) in [6, 6.07) is 4.19. The lowest BCUT2D eigenvalue weighted by Gasteiger charge is -2.17. The van der Waals surface area contributed by atoms with E-state index in [-0.39, 0.29) is 0 Å². The summed E-state index contributed by atoms with van der Waals surface area (Å²) in [6.07, 6.45) is 23.2.